The van der Waals surface area contributed by atoms with E-state index >= 15 is 0 Å². The highest BCUT2D eigenvalue weighted by Crippen LogP contribution is 2.48. The molecule has 2 atom stereocenters. The second-order valence-corrected chi connectivity index (χ2v) is 6.50. The first-order valence-electron chi connectivity index (χ1n) is 8.55. The van der Waals surface area contributed by atoms with Gasteiger partial charge in [0.2, 0.25) is 0 Å². The van der Waals surface area contributed by atoms with Gasteiger partial charge in [-0.15, -0.1) is 0 Å². The molecule has 1 saturated heterocycles. The number of fused-ring (bicyclic) bond motifs is 1. The maximum Gasteiger partial charge on any atom is 0.0948 e. The third-order valence-electron chi connectivity index (χ3n) is 4.93. The summed E-state index contributed by atoms with van der Waals surface area (Å²) in [6, 6.07) is 0. The Labute approximate surface area is 114 Å². The topological polar surface area (TPSA) is 12.5 Å². The van der Waals surface area contributed by atoms with E-state index in [1.807, 2.05) is 0 Å². The highest BCUT2D eigenvalue weighted by atomic mass is 16.6. The minimum atomic E-state index is 0.342. The average molecular weight is 252 g/mol. The van der Waals surface area contributed by atoms with Gasteiger partial charge in [-0.25, -0.2) is 0 Å². The third kappa shape index (κ3) is 4.26. The molecule has 1 saturated carbocycles. The molecule has 0 aromatic rings. The quantitative estimate of drug-likeness (QED) is 0.467. The van der Waals surface area contributed by atoms with Gasteiger partial charge < -0.3 is 4.74 Å². The van der Waals surface area contributed by atoms with E-state index in [0.29, 0.717) is 11.7 Å². The summed E-state index contributed by atoms with van der Waals surface area (Å²) in [6.45, 7) is 2.30. The number of ether oxygens (including phenoxy) is 1. The van der Waals surface area contributed by atoms with Crippen molar-refractivity contribution in [3.05, 3.63) is 0 Å². The predicted molar refractivity (Wildman–Crippen MR) is 77.9 cm³/mol. The first kappa shape index (κ1) is 14.4. The standard InChI is InChI=1S/C17H32O/c1-2-3-11-14-17-15-12-9-7-5-4-6-8-10-13-16(17)18-17/h16H,2-15H2,1H3. The summed E-state index contributed by atoms with van der Waals surface area (Å²) in [4.78, 5) is 0. The molecule has 1 aliphatic carbocycles. The van der Waals surface area contributed by atoms with Crippen molar-refractivity contribution in [3.8, 4) is 0 Å². The fourth-order valence-corrected chi connectivity index (χ4v) is 3.62. The van der Waals surface area contributed by atoms with Crippen LogP contribution in [0.2, 0.25) is 0 Å². The molecule has 2 fully saturated rings. The van der Waals surface area contributed by atoms with E-state index in [2.05, 4.69) is 6.92 Å². The van der Waals surface area contributed by atoms with Gasteiger partial charge >= 0.3 is 0 Å². The van der Waals surface area contributed by atoms with E-state index in [1.54, 1.807) is 0 Å². The summed E-state index contributed by atoms with van der Waals surface area (Å²) in [7, 11) is 0. The Kier molecular flexibility index (Phi) is 6.01. The highest BCUT2D eigenvalue weighted by Gasteiger charge is 2.53. The van der Waals surface area contributed by atoms with Crippen molar-refractivity contribution >= 4 is 0 Å². The summed E-state index contributed by atoms with van der Waals surface area (Å²) in [5.41, 5.74) is 0.342. The molecule has 2 unspecified atom stereocenters. The van der Waals surface area contributed by atoms with Crippen LogP contribution in [0.5, 0.6) is 0 Å². The normalized spacial score (nSPS) is 34.2. The molecule has 106 valence electrons. The summed E-state index contributed by atoms with van der Waals surface area (Å²) in [6.07, 6.45) is 20.3. The van der Waals surface area contributed by atoms with Crippen molar-refractivity contribution in [1.82, 2.24) is 0 Å². The van der Waals surface area contributed by atoms with Crippen molar-refractivity contribution in [2.24, 2.45) is 0 Å². The fraction of sp³-hybridized carbons (Fsp3) is 1.00. The van der Waals surface area contributed by atoms with Gasteiger partial charge in [-0.2, -0.15) is 0 Å². The van der Waals surface area contributed by atoms with Crippen LogP contribution < -0.4 is 0 Å². The SMILES string of the molecule is CCCCCC12CCCCCCCCCCC1O2. The van der Waals surface area contributed by atoms with Crippen LogP contribution >= 0.6 is 0 Å². The van der Waals surface area contributed by atoms with Gasteiger partial charge in [-0.3, -0.25) is 0 Å². The Bertz CT molecular complexity index is 226. The molecule has 0 spiro atoms. The molecule has 0 amide bonds. The van der Waals surface area contributed by atoms with Crippen molar-refractivity contribution in [2.45, 2.75) is 109 Å². The van der Waals surface area contributed by atoms with E-state index in [4.69, 9.17) is 4.74 Å². The van der Waals surface area contributed by atoms with E-state index < -0.39 is 0 Å². The van der Waals surface area contributed by atoms with Gasteiger partial charge in [0.25, 0.3) is 0 Å². The molecule has 2 rings (SSSR count). The Morgan fingerprint density at radius 3 is 2.28 bits per heavy atom. The molecule has 0 N–H and O–H groups in total. The molecule has 0 radical (unpaired) electrons. The lowest BCUT2D eigenvalue weighted by Gasteiger charge is -2.14. The molecule has 18 heavy (non-hydrogen) atoms. The Balaban J connectivity index is 1.76. The zero-order valence-electron chi connectivity index (χ0n) is 12.4. The lowest BCUT2D eigenvalue weighted by atomic mass is 9.88. The van der Waals surface area contributed by atoms with Crippen LogP contribution in [0.3, 0.4) is 0 Å². The fourth-order valence-electron chi connectivity index (χ4n) is 3.62. The van der Waals surface area contributed by atoms with Gasteiger partial charge in [0.1, 0.15) is 0 Å². The van der Waals surface area contributed by atoms with Gasteiger partial charge in [0, 0.05) is 0 Å². The Morgan fingerprint density at radius 2 is 1.56 bits per heavy atom. The molecule has 1 nitrogen and oxygen atoms in total. The molecule has 1 heteroatoms. The van der Waals surface area contributed by atoms with Gasteiger partial charge in [-0.05, 0) is 19.3 Å². The van der Waals surface area contributed by atoms with Gasteiger partial charge in [0.15, 0.2) is 0 Å². The smallest absolute Gasteiger partial charge is 0.0948 e. The molecule has 1 aliphatic heterocycles. The Hall–Kier alpha value is -0.0400. The molecular formula is C17H32O. The van der Waals surface area contributed by atoms with Crippen molar-refractivity contribution < 1.29 is 4.74 Å². The molecule has 2 aliphatic rings. The molecule has 0 bridgehead atoms. The lowest BCUT2D eigenvalue weighted by molar-refractivity contribution is 0.254. The monoisotopic (exact) mass is 252 g/mol. The Morgan fingerprint density at radius 1 is 0.889 bits per heavy atom. The third-order valence-corrected chi connectivity index (χ3v) is 4.93. The molecular weight excluding hydrogens is 220 g/mol. The first-order chi connectivity index (χ1) is 8.87. The van der Waals surface area contributed by atoms with Crippen molar-refractivity contribution in [1.29, 1.82) is 0 Å². The summed E-state index contributed by atoms with van der Waals surface area (Å²) < 4.78 is 6.16. The van der Waals surface area contributed by atoms with Gasteiger partial charge in [-0.1, -0.05) is 77.6 Å². The van der Waals surface area contributed by atoms with E-state index in [9.17, 15) is 0 Å². The second kappa shape index (κ2) is 7.53. The van der Waals surface area contributed by atoms with Crippen LogP contribution in [0.25, 0.3) is 0 Å². The van der Waals surface area contributed by atoms with Crippen LogP contribution in [0.4, 0.5) is 0 Å². The van der Waals surface area contributed by atoms with Crippen LogP contribution in [0.15, 0.2) is 0 Å². The van der Waals surface area contributed by atoms with Crippen LogP contribution in [0.1, 0.15) is 96.8 Å². The van der Waals surface area contributed by atoms with Crippen molar-refractivity contribution in [3.63, 3.8) is 0 Å². The maximum atomic E-state index is 6.16. The average Bonchev–Trinajstić information content (AvgIpc) is 3.03. The molecule has 0 aromatic carbocycles. The number of rotatable bonds is 4. The predicted octanol–water partition coefficient (Wildman–Crippen LogP) is 5.62. The summed E-state index contributed by atoms with van der Waals surface area (Å²) >= 11 is 0. The zero-order chi connectivity index (χ0) is 12.7. The number of unbranched alkanes of at least 4 members (excludes halogenated alkanes) is 2. The minimum absolute atomic E-state index is 0.342. The zero-order valence-corrected chi connectivity index (χ0v) is 12.4. The van der Waals surface area contributed by atoms with Crippen LogP contribution in [-0.2, 0) is 4.74 Å². The van der Waals surface area contributed by atoms with Gasteiger partial charge in [0.05, 0.1) is 11.7 Å². The molecule has 0 aromatic heterocycles. The van der Waals surface area contributed by atoms with Crippen LogP contribution in [0, 0.1) is 0 Å². The number of hydrogen-bond acceptors (Lipinski definition) is 1. The lowest BCUT2D eigenvalue weighted by Crippen LogP contribution is -2.15. The maximum absolute atomic E-state index is 6.16. The van der Waals surface area contributed by atoms with Crippen LogP contribution in [-0.4, -0.2) is 11.7 Å². The van der Waals surface area contributed by atoms with Crippen molar-refractivity contribution in [2.75, 3.05) is 0 Å². The largest absolute Gasteiger partial charge is 0.366 e. The highest BCUT2D eigenvalue weighted by molar-refractivity contribution is 5.02. The van der Waals surface area contributed by atoms with E-state index in [-0.39, 0.29) is 0 Å². The first-order valence-corrected chi connectivity index (χ1v) is 8.55. The number of epoxide rings is 1. The summed E-state index contributed by atoms with van der Waals surface area (Å²) in [5, 5.41) is 0. The summed E-state index contributed by atoms with van der Waals surface area (Å²) in [5.74, 6) is 0. The number of hydrogen-bond donors (Lipinski definition) is 0. The minimum Gasteiger partial charge on any atom is -0.366 e. The van der Waals surface area contributed by atoms with E-state index in [1.165, 1.54) is 89.9 Å². The molecule has 1 heterocycles. The van der Waals surface area contributed by atoms with E-state index in [0.717, 1.165) is 0 Å². The second-order valence-electron chi connectivity index (χ2n) is 6.50.